The number of aromatic nitrogens is 1. The van der Waals surface area contributed by atoms with Crippen LogP contribution < -0.4 is 15.8 Å². The lowest BCUT2D eigenvalue weighted by atomic mass is 10.00. The average molecular weight is 437 g/mol. The second-order valence-corrected chi connectivity index (χ2v) is 7.96. The number of hydrogen-bond acceptors (Lipinski definition) is 5. The zero-order valence-corrected chi connectivity index (χ0v) is 17.9. The van der Waals surface area contributed by atoms with Crippen LogP contribution in [0.2, 0.25) is 0 Å². The smallest absolute Gasteiger partial charge is 0.256 e. The number of nitrogens with one attached hydrogen (secondary N) is 1. The van der Waals surface area contributed by atoms with Crippen LogP contribution in [-0.2, 0) is 11.2 Å². The molecule has 2 aromatic carbocycles. The lowest BCUT2D eigenvalue weighted by Crippen LogP contribution is -2.30. The van der Waals surface area contributed by atoms with E-state index in [2.05, 4.69) is 22.4 Å². The lowest BCUT2D eigenvalue weighted by molar-refractivity contribution is -0.110. The Labute approximate surface area is 191 Å². The number of anilines is 1. The van der Waals surface area contributed by atoms with Crippen LogP contribution in [0.4, 0.5) is 5.69 Å². The van der Waals surface area contributed by atoms with Crippen molar-refractivity contribution in [3.05, 3.63) is 102 Å². The Morgan fingerprint density at radius 3 is 2.73 bits per heavy atom. The first kappa shape index (κ1) is 20.7. The number of pyridine rings is 1. The quantitative estimate of drug-likeness (QED) is 0.406. The zero-order valence-electron chi connectivity index (χ0n) is 17.9. The number of amides is 1. The highest BCUT2D eigenvalue weighted by molar-refractivity contribution is 6.35. The second kappa shape index (κ2) is 9.14. The molecule has 0 aliphatic carbocycles. The van der Waals surface area contributed by atoms with E-state index in [1.54, 1.807) is 30.8 Å². The van der Waals surface area contributed by atoms with Gasteiger partial charge in [0.1, 0.15) is 18.1 Å². The number of benzene rings is 2. The molecule has 0 radical (unpaired) electrons. The minimum absolute atomic E-state index is 0.123. The molecule has 0 unspecified atom stereocenters. The number of ether oxygens (including phenoxy) is 1. The SMILES string of the molecule is N[C@H](COc1cncc(-c2ccc3c(c2)/C(=C/c2ccco2)C(=O)N3)c1)Cc1ccccc1. The van der Waals surface area contributed by atoms with E-state index >= 15 is 0 Å². The second-order valence-electron chi connectivity index (χ2n) is 7.96. The van der Waals surface area contributed by atoms with E-state index in [0.29, 0.717) is 23.7 Å². The normalized spacial score (nSPS) is 14.7. The average Bonchev–Trinajstić information content (AvgIpc) is 3.46. The van der Waals surface area contributed by atoms with Gasteiger partial charge in [0.05, 0.1) is 18.0 Å². The Hall–Kier alpha value is -4.16. The summed E-state index contributed by atoms with van der Waals surface area (Å²) in [7, 11) is 0. The summed E-state index contributed by atoms with van der Waals surface area (Å²) in [6, 6.07) is 21.4. The highest BCUT2D eigenvalue weighted by Gasteiger charge is 2.25. The fraction of sp³-hybridized carbons (Fsp3) is 0.111. The molecule has 1 aliphatic rings. The maximum atomic E-state index is 12.5. The molecule has 4 aromatic rings. The molecule has 6 heteroatoms. The first-order valence-corrected chi connectivity index (χ1v) is 10.7. The van der Waals surface area contributed by atoms with E-state index in [9.17, 15) is 4.79 Å². The molecule has 0 bridgehead atoms. The Morgan fingerprint density at radius 2 is 1.91 bits per heavy atom. The van der Waals surface area contributed by atoms with Gasteiger partial charge in [0.25, 0.3) is 5.91 Å². The van der Waals surface area contributed by atoms with E-state index in [0.717, 1.165) is 28.8 Å². The van der Waals surface area contributed by atoms with Gasteiger partial charge in [-0.3, -0.25) is 9.78 Å². The van der Waals surface area contributed by atoms with Crippen molar-refractivity contribution in [2.45, 2.75) is 12.5 Å². The van der Waals surface area contributed by atoms with Gasteiger partial charge < -0.3 is 20.2 Å². The summed E-state index contributed by atoms with van der Waals surface area (Å²) in [5.41, 5.74) is 11.4. The fourth-order valence-corrected chi connectivity index (χ4v) is 3.86. The summed E-state index contributed by atoms with van der Waals surface area (Å²) in [5.74, 6) is 1.13. The lowest BCUT2D eigenvalue weighted by Gasteiger charge is -2.14. The minimum atomic E-state index is -0.152. The summed E-state index contributed by atoms with van der Waals surface area (Å²) in [6.45, 7) is 0.388. The Balaban J connectivity index is 1.33. The molecule has 5 rings (SSSR count). The minimum Gasteiger partial charge on any atom is -0.490 e. The molecule has 2 aromatic heterocycles. The number of nitrogens with zero attached hydrogens (tertiary/aromatic N) is 1. The van der Waals surface area contributed by atoms with Gasteiger partial charge in [-0.1, -0.05) is 36.4 Å². The Morgan fingerprint density at radius 1 is 1.03 bits per heavy atom. The zero-order chi connectivity index (χ0) is 22.6. The van der Waals surface area contributed by atoms with Crippen molar-refractivity contribution in [2.24, 2.45) is 5.73 Å². The monoisotopic (exact) mass is 437 g/mol. The van der Waals surface area contributed by atoms with Gasteiger partial charge in [-0.2, -0.15) is 0 Å². The third kappa shape index (κ3) is 4.71. The van der Waals surface area contributed by atoms with Crippen molar-refractivity contribution in [1.82, 2.24) is 4.98 Å². The first-order chi connectivity index (χ1) is 16.2. The van der Waals surface area contributed by atoms with E-state index in [1.807, 2.05) is 48.5 Å². The molecule has 1 atom stereocenters. The number of carbonyl (C=O) groups is 1. The van der Waals surface area contributed by atoms with E-state index < -0.39 is 0 Å². The fourth-order valence-electron chi connectivity index (χ4n) is 3.86. The molecule has 6 nitrogen and oxygen atoms in total. The van der Waals surface area contributed by atoms with Crippen molar-refractivity contribution < 1.29 is 13.9 Å². The molecule has 1 aliphatic heterocycles. The van der Waals surface area contributed by atoms with Gasteiger partial charge in [-0.15, -0.1) is 0 Å². The summed E-state index contributed by atoms with van der Waals surface area (Å²) in [6.07, 6.45) is 7.53. The Kier molecular flexibility index (Phi) is 5.74. The van der Waals surface area contributed by atoms with Crippen LogP contribution in [0, 0.1) is 0 Å². The maximum Gasteiger partial charge on any atom is 0.256 e. The first-order valence-electron chi connectivity index (χ1n) is 10.7. The molecule has 164 valence electrons. The van der Waals surface area contributed by atoms with Crippen LogP contribution in [0.25, 0.3) is 22.8 Å². The number of hydrogen-bond donors (Lipinski definition) is 2. The van der Waals surface area contributed by atoms with Crippen LogP contribution in [0.15, 0.2) is 89.8 Å². The van der Waals surface area contributed by atoms with Gasteiger partial charge in [0.2, 0.25) is 0 Å². The molecule has 3 N–H and O–H groups in total. The summed E-state index contributed by atoms with van der Waals surface area (Å²) in [5, 5.41) is 2.90. The molecular weight excluding hydrogens is 414 g/mol. The van der Waals surface area contributed by atoms with Gasteiger partial charge >= 0.3 is 0 Å². The largest absolute Gasteiger partial charge is 0.490 e. The van der Waals surface area contributed by atoms with Crippen molar-refractivity contribution in [3.8, 4) is 16.9 Å². The number of carbonyl (C=O) groups excluding carboxylic acids is 1. The standard InChI is InChI=1S/C27H23N3O3/c28-21(11-18-5-2-1-3-6-18)17-33-23-12-20(15-29-16-23)19-8-9-26-24(13-19)25(27(31)30-26)14-22-7-4-10-32-22/h1-10,12-16,21H,11,17,28H2,(H,30,31)/b25-14-/t21-/m0/s1. The van der Waals surface area contributed by atoms with Crippen LogP contribution in [-0.4, -0.2) is 23.5 Å². The van der Waals surface area contributed by atoms with Crippen LogP contribution in [0.3, 0.4) is 0 Å². The van der Waals surface area contributed by atoms with Gasteiger partial charge in [0.15, 0.2) is 0 Å². The topological polar surface area (TPSA) is 90.4 Å². The van der Waals surface area contributed by atoms with Crippen molar-refractivity contribution in [1.29, 1.82) is 0 Å². The van der Waals surface area contributed by atoms with Gasteiger partial charge in [0, 0.05) is 29.1 Å². The molecule has 0 saturated carbocycles. The molecule has 33 heavy (non-hydrogen) atoms. The van der Waals surface area contributed by atoms with Crippen LogP contribution in [0.1, 0.15) is 16.9 Å². The summed E-state index contributed by atoms with van der Waals surface area (Å²) in [4.78, 5) is 16.8. The molecule has 0 saturated heterocycles. The molecular formula is C27H23N3O3. The summed E-state index contributed by atoms with van der Waals surface area (Å²) >= 11 is 0. The van der Waals surface area contributed by atoms with Crippen molar-refractivity contribution >= 4 is 23.2 Å². The molecule has 3 heterocycles. The van der Waals surface area contributed by atoms with E-state index in [1.165, 1.54) is 5.56 Å². The number of furan rings is 1. The third-order valence-electron chi connectivity index (χ3n) is 5.48. The third-order valence-corrected chi connectivity index (χ3v) is 5.48. The maximum absolute atomic E-state index is 12.5. The molecule has 0 spiro atoms. The summed E-state index contributed by atoms with van der Waals surface area (Å²) < 4.78 is 11.3. The van der Waals surface area contributed by atoms with Crippen LogP contribution >= 0.6 is 0 Å². The Bertz CT molecular complexity index is 1300. The number of nitrogens with two attached hydrogens (primary N) is 1. The van der Waals surface area contributed by atoms with Crippen LogP contribution in [0.5, 0.6) is 5.75 Å². The van der Waals surface area contributed by atoms with Crippen molar-refractivity contribution in [2.75, 3.05) is 11.9 Å². The highest BCUT2D eigenvalue weighted by atomic mass is 16.5. The predicted octanol–water partition coefficient (Wildman–Crippen LogP) is 4.78. The van der Waals surface area contributed by atoms with Gasteiger partial charge in [-0.05, 0) is 54.0 Å². The number of rotatable bonds is 7. The van der Waals surface area contributed by atoms with E-state index in [4.69, 9.17) is 14.9 Å². The number of fused-ring (bicyclic) bond motifs is 1. The highest BCUT2D eigenvalue weighted by Crippen LogP contribution is 2.36. The van der Waals surface area contributed by atoms with Crippen molar-refractivity contribution in [3.63, 3.8) is 0 Å². The predicted molar refractivity (Wildman–Crippen MR) is 128 cm³/mol. The van der Waals surface area contributed by atoms with E-state index in [-0.39, 0.29) is 11.9 Å². The molecule has 0 fully saturated rings. The van der Waals surface area contributed by atoms with Gasteiger partial charge in [-0.25, -0.2) is 0 Å². The molecule has 1 amide bonds.